The molecule has 1 aromatic heterocycles. The van der Waals surface area contributed by atoms with Crippen molar-refractivity contribution in [1.29, 1.82) is 5.26 Å². The van der Waals surface area contributed by atoms with Crippen LogP contribution in [0, 0.1) is 18.3 Å². The summed E-state index contributed by atoms with van der Waals surface area (Å²) in [6.07, 6.45) is 3.31. The first-order valence-corrected chi connectivity index (χ1v) is 8.24. The van der Waals surface area contributed by atoms with Crippen molar-refractivity contribution in [2.45, 2.75) is 32.1 Å². The van der Waals surface area contributed by atoms with Gasteiger partial charge in [0.25, 0.3) is 0 Å². The van der Waals surface area contributed by atoms with Crippen LogP contribution in [-0.2, 0) is 6.42 Å². The number of aromatic nitrogens is 1. The second-order valence-corrected chi connectivity index (χ2v) is 6.68. The van der Waals surface area contributed by atoms with Gasteiger partial charge in [-0.1, -0.05) is 12.1 Å². The van der Waals surface area contributed by atoms with Crippen LogP contribution in [-0.4, -0.2) is 18.1 Å². The van der Waals surface area contributed by atoms with Gasteiger partial charge in [0.1, 0.15) is 0 Å². The molecule has 3 rings (SSSR count). The lowest BCUT2D eigenvalue weighted by molar-refractivity contribution is 0.463. The predicted octanol–water partition coefficient (Wildman–Crippen LogP) is 3.38. The summed E-state index contributed by atoms with van der Waals surface area (Å²) in [4.78, 5) is 6.23. The lowest BCUT2D eigenvalue weighted by Gasteiger charge is -2.21. The number of hydrogen-bond acceptors (Lipinski definition) is 4. The Balaban J connectivity index is 1.75. The smallest absolute Gasteiger partial charge is 0.0991 e. The van der Waals surface area contributed by atoms with E-state index in [1.165, 1.54) is 34.0 Å². The highest BCUT2D eigenvalue weighted by Gasteiger charge is 2.20. The van der Waals surface area contributed by atoms with Crippen molar-refractivity contribution in [3.05, 3.63) is 51.0 Å². The highest BCUT2D eigenvalue weighted by Crippen LogP contribution is 2.33. The highest BCUT2D eigenvalue weighted by molar-refractivity contribution is 7.11. The minimum atomic E-state index is 0.679. The van der Waals surface area contributed by atoms with E-state index in [4.69, 9.17) is 10.2 Å². The quantitative estimate of drug-likeness (QED) is 0.945. The molecule has 0 radical (unpaired) electrons. The Labute approximate surface area is 129 Å². The largest absolute Gasteiger partial charge is 0.317 e. The van der Waals surface area contributed by atoms with Gasteiger partial charge in [0.2, 0.25) is 0 Å². The molecule has 108 valence electrons. The molecule has 1 saturated heterocycles. The van der Waals surface area contributed by atoms with Crippen LogP contribution in [0.5, 0.6) is 0 Å². The molecule has 0 unspecified atom stereocenters. The van der Waals surface area contributed by atoms with Gasteiger partial charge in [-0.25, -0.2) is 4.98 Å². The lowest BCUT2D eigenvalue weighted by Crippen LogP contribution is -2.26. The Bertz CT molecular complexity index is 646. The summed E-state index contributed by atoms with van der Waals surface area (Å²) in [6.45, 7) is 4.37. The second kappa shape index (κ2) is 6.38. The molecular weight excluding hydrogens is 278 g/mol. The van der Waals surface area contributed by atoms with E-state index in [9.17, 15) is 0 Å². The molecule has 0 saturated carbocycles. The van der Waals surface area contributed by atoms with Crippen molar-refractivity contribution in [2.24, 2.45) is 0 Å². The zero-order chi connectivity index (χ0) is 14.7. The van der Waals surface area contributed by atoms with Crippen LogP contribution in [0.3, 0.4) is 0 Å². The zero-order valence-corrected chi connectivity index (χ0v) is 13.0. The van der Waals surface area contributed by atoms with E-state index >= 15 is 0 Å². The van der Waals surface area contributed by atoms with Crippen molar-refractivity contribution in [2.75, 3.05) is 13.1 Å². The summed E-state index contributed by atoms with van der Waals surface area (Å²) in [5, 5.41) is 13.4. The van der Waals surface area contributed by atoms with E-state index in [2.05, 4.69) is 18.3 Å². The first-order valence-electron chi connectivity index (χ1n) is 7.42. The molecule has 0 amide bonds. The van der Waals surface area contributed by atoms with Gasteiger partial charge < -0.3 is 5.32 Å². The van der Waals surface area contributed by atoms with E-state index in [1.54, 1.807) is 0 Å². The van der Waals surface area contributed by atoms with E-state index < -0.39 is 0 Å². The van der Waals surface area contributed by atoms with Gasteiger partial charge in [-0.05, 0) is 56.5 Å². The number of nitrogens with one attached hydrogen (secondary N) is 1. The van der Waals surface area contributed by atoms with Crippen LogP contribution in [0.25, 0.3) is 0 Å². The average molecular weight is 297 g/mol. The molecule has 1 aliphatic heterocycles. The Hall–Kier alpha value is -1.70. The van der Waals surface area contributed by atoms with E-state index in [0.29, 0.717) is 11.5 Å². The maximum absolute atomic E-state index is 8.84. The number of aryl methyl sites for hydroxylation is 1. The van der Waals surface area contributed by atoms with Crippen molar-refractivity contribution >= 4 is 11.3 Å². The average Bonchev–Trinajstić information content (AvgIpc) is 2.89. The molecule has 2 aromatic rings. The maximum atomic E-state index is 8.84. The molecule has 1 aromatic carbocycles. The summed E-state index contributed by atoms with van der Waals surface area (Å²) in [5.41, 5.74) is 3.14. The topological polar surface area (TPSA) is 48.7 Å². The van der Waals surface area contributed by atoms with Crippen LogP contribution < -0.4 is 5.32 Å². The number of piperidine rings is 1. The maximum Gasteiger partial charge on any atom is 0.0991 e. The first kappa shape index (κ1) is 14.2. The fourth-order valence-electron chi connectivity index (χ4n) is 2.88. The molecule has 0 bridgehead atoms. The molecule has 0 atom stereocenters. The normalized spacial score (nSPS) is 15.8. The van der Waals surface area contributed by atoms with Crippen molar-refractivity contribution < 1.29 is 0 Å². The summed E-state index contributed by atoms with van der Waals surface area (Å²) >= 11 is 1.87. The summed E-state index contributed by atoms with van der Waals surface area (Å²) in [7, 11) is 0. The standard InChI is InChI=1S/C17H19N3S/c1-12-17(15-6-8-19-9-7-15)21-16(20-12)10-13-2-4-14(11-18)5-3-13/h2-5,15,19H,6-10H2,1H3. The monoisotopic (exact) mass is 297 g/mol. The van der Waals surface area contributed by atoms with Gasteiger partial charge in [-0.3, -0.25) is 0 Å². The van der Waals surface area contributed by atoms with Crippen LogP contribution >= 0.6 is 11.3 Å². The molecule has 1 N–H and O–H groups in total. The van der Waals surface area contributed by atoms with Crippen LogP contribution in [0.4, 0.5) is 0 Å². The number of thiazole rings is 1. The third-order valence-corrected chi connectivity index (χ3v) is 5.35. The Kier molecular flexibility index (Phi) is 4.33. The molecule has 1 fully saturated rings. The molecule has 0 spiro atoms. The molecule has 3 nitrogen and oxygen atoms in total. The number of nitriles is 1. The summed E-state index contributed by atoms with van der Waals surface area (Å²) < 4.78 is 0. The fourth-order valence-corrected chi connectivity index (χ4v) is 4.15. The molecule has 2 heterocycles. The number of rotatable bonds is 3. The molecule has 21 heavy (non-hydrogen) atoms. The minimum Gasteiger partial charge on any atom is -0.317 e. The molecule has 1 aliphatic rings. The number of benzene rings is 1. The Morgan fingerprint density at radius 3 is 2.67 bits per heavy atom. The minimum absolute atomic E-state index is 0.679. The number of nitrogens with zero attached hydrogens (tertiary/aromatic N) is 2. The van der Waals surface area contributed by atoms with Gasteiger partial charge in [-0.15, -0.1) is 11.3 Å². The van der Waals surface area contributed by atoms with Gasteiger partial charge in [-0.2, -0.15) is 5.26 Å². The van der Waals surface area contributed by atoms with Crippen molar-refractivity contribution in [3.63, 3.8) is 0 Å². The Morgan fingerprint density at radius 2 is 2.00 bits per heavy atom. The van der Waals surface area contributed by atoms with E-state index in [1.807, 2.05) is 35.6 Å². The molecule has 4 heteroatoms. The van der Waals surface area contributed by atoms with Gasteiger partial charge in [0.05, 0.1) is 22.3 Å². The SMILES string of the molecule is Cc1nc(Cc2ccc(C#N)cc2)sc1C1CCNCC1. The van der Waals surface area contributed by atoms with Crippen molar-refractivity contribution in [3.8, 4) is 6.07 Å². The first-order chi connectivity index (χ1) is 10.3. The van der Waals surface area contributed by atoms with Gasteiger partial charge >= 0.3 is 0 Å². The van der Waals surface area contributed by atoms with E-state index in [-0.39, 0.29) is 0 Å². The third-order valence-electron chi connectivity index (χ3n) is 4.03. The summed E-state index contributed by atoms with van der Waals surface area (Å²) in [5.74, 6) is 0.679. The Morgan fingerprint density at radius 1 is 1.29 bits per heavy atom. The second-order valence-electron chi connectivity index (χ2n) is 5.57. The van der Waals surface area contributed by atoms with Crippen LogP contribution in [0.1, 0.15) is 45.5 Å². The van der Waals surface area contributed by atoms with E-state index in [0.717, 1.165) is 19.5 Å². The molecular formula is C17H19N3S. The fraction of sp³-hybridized carbons (Fsp3) is 0.412. The van der Waals surface area contributed by atoms with Crippen molar-refractivity contribution in [1.82, 2.24) is 10.3 Å². The van der Waals surface area contributed by atoms with Crippen LogP contribution in [0.2, 0.25) is 0 Å². The third kappa shape index (κ3) is 3.31. The predicted molar refractivity (Wildman–Crippen MR) is 85.7 cm³/mol. The zero-order valence-electron chi connectivity index (χ0n) is 12.2. The molecule has 0 aliphatic carbocycles. The highest BCUT2D eigenvalue weighted by atomic mass is 32.1. The number of hydrogen-bond donors (Lipinski definition) is 1. The van der Waals surface area contributed by atoms with Gasteiger partial charge in [0, 0.05) is 11.3 Å². The van der Waals surface area contributed by atoms with Gasteiger partial charge in [0.15, 0.2) is 0 Å². The lowest BCUT2D eigenvalue weighted by atomic mass is 9.96. The van der Waals surface area contributed by atoms with Crippen LogP contribution in [0.15, 0.2) is 24.3 Å². The summed E-state index contributed by atoms with van der Waals surface area (Å²) in [6, 6.07) is 9.97.